The van der Waals surface area contributed by atoms with Gasteiger partial charge in [-0.1, -0.05) is 24.3 Å². The predicted octanol–water partition coefficient (Wildman–Crippen LogP) is 2.06. The molecule has 11 heteroatoms. The average Bonchev–Trinajstić information content (AvgIpc) is 2.87. The zero-order valence-electron chi connectivity index (χ0n) is 18.4. The maximum absolute atomic E-state index is 12.8. The van der Waals surface area contributed by atoms with Gasteiger partial charge in [-0.2, -0.15) is 4.31 Å². The van der Waals surface area contributed by atoms with Crippen LogP contribution in [0.3, 0.4) is 0 Å². The van der Waals surface area contributed by atoms with E-state index < -0.39 is 28.5 Å². The summed E-state index contributed by atoms with van der Waals surface area (Å²) in [5, 5.41) is 3.44. The highest BCUT2D eigenvalue weighted by Crippen LogP contribution is 2.29. The van der Waals surface area contributed by atoms with Crippen LogP contribution in [0.2, 0.25) is 0 Å². The van der Waals surface area contributed by atoms with E-state index in [0.717, 1.165) is 5.39 Å². The summed E-state index contributed by atoms with van der Waals surface area (Å²) < 4.78 is 42.6. The largest absolute Gasteiger partial charge is 0.495 e. The summed E-state index contributed by atoms with van der Waals surface area (Å²) in [5.41, 5.74) is 0.966. The minimum absolute atomic E-state index is 0.0399. The summed E-state index contributed by atoms with van der Waals surface area (Å²) in [6.07, 6.45) is 0. The lowest BCUT2D eigenvalue weighted by Gasteiger charge is -2.26. The van der Waals surface area contributed by atoms with E-state index in [2.05, 4.69) is 10.3 Å². The Morgan fingerprint density at radius 3 is 2.62 bits per heavy atom. The predicted molar refractivity (Wildman–Crippen MR) is 123 cm³/mol. The van der Waals surface area contributed by atoms with E-state index in [4.69, 9.17) is 14.2 Å². The van der Waals surface area contributed by atoms with E-state index in [0.29, 0.717) is 18.7 Å². The van der Waals surface area contributed by atoms with E-state index in [1.165, 1.54) is 35.7 Å². The highest BCUT2D eigenvalue weighted by molar-refractivity contribution is 7.89. The second kappa shape index (κ2) is 10.2. The molecule has 1 aromatic heterocycles. The molecule has 0 spiro atoms. The quantitative estimate of drug-likeness (QED) is 0.505. The molecular weight excluding hydrogens is 462 g/mol. The van der Waals surface area contributed by atoms with Crippen molar-refractivity contribution < 1.29 is 32.2 Å². The molecule has 178 valence electrons. The number of esters is 1. The number of sulfonamides is 1. The molecule has 0 saturated carbocycles. The number of fused-ring (bicyclic) bond motifs is 1. The molecule has 1 saturated heterocycles. The van der Waals surface area contributed by atoms with Gasteiger partial charge in [0.25, 0.3) is 5.91 Å². The molecule has 2 aromatic carbocycles. The number of para-hydroxylation sites is 1. The van der Waals surface area contributed by atoms with Crippen molar-refractivity contribution in [1.82, 2.24) is 9.29 Å². The second-order valence-corrected chi connectivity index (χ2v) is 9.33. The Bertz CT molecular complexity index is 1320. The molecule has 1 amide bonds. The average molecular weight is 486 g/mol. The number of methoxy groups -OCH3 is 1. The number of carbonyl (C=O) groups excluding carboxylic acids is 2. The standard InChI is InChI=1S/C23H23N3O7S/c1-31-21-14-17(34(29,30)26-10-12-32-13-11-26)7-9-19(21)25-22(27)15-33-23(28)20-8-6-16-4-2-3-5-18(16)24-20/h2-9,14H,10-13,15H2,1H3,(H,25,27). The Hall–Kier alpha value is -3.54. The van der Waals surface area contributed by atoms with Crippen molar-refractivity contribution in [2.24, 2.45) is 0 Å². The van der Waals surface area contributed by atoms with Gasteiger partial charge in [-0.25, -0.2) is 18.2 Å². The molecule has 0 atom stereocenters. The number of aromatic nitrogens is 1. The van der Waals surface area contributed by atoms with Crippen molar-refractivity contribution in [3.05, 3.63) is 60.3 Å². The smallest absolute Gasteiger partial charge is 0.357 e. The Kier molecular flexibility index (Phi) is 7.06. The fourth-order valence-electron chi connectivity index (χ4n) is 3.44. The number of carbonyl (C=O) groups is 2. The van der Waals surface area contributed by atoms with Crippen LogP contribution >= 0.6 is 0 Å². The summed E-state index contributed by atoms with van der Waals surface area (Å²) in [4.78, 5) is 28.9. The fourth-order valence-corrected chi connectivity index (χ4v) is 4.87. The molecule has 1 N–H and O–H groups in total. The number of amides is 1. The molecule has 0 aliphatic carbocycles. The molecule has 0 unspecified atom stereocenters. The molecular formula is C23H23N3O7S. The molecule has 0 bridgehead atoms. The number of nitrogens with one attached hydrogen (secondary N) is 1. The lowest BCUT2D eigenvalue weighted by atomic mass is 10.2. The first-order valence-electron chi connectivity index (χ1n) is 10.5. The van der Waals surface area contributed by atoms with Crippen molar-refractivity contribution in [2.45, 2.75) is 4.90 Å². The van der Waals surface area contributed by atoms with Gasteiger partial charge in [0.2, 0.25) is 10.0 Å². The Labute approximate surface area is 196 Å². The number of anilines is 1. The number of hydrogen-bond acceptors (Lipinski definition) is 8. The molecule has 1 fully saturated rings. The van der Waals surface area contributed by atoms with Crippen LogP contribution in [0.1, 0.15) is 10.5 Å². The van der Waals surface area contributed by atoms with Gasteiger partial charge in [0.15, 0.2) is 6.61 Å². The highest BCUT2D eigenvalue weighted by Gasteiger charge is 2.27. The lowest BCUT2D eigenvalue weighted by Crippen LogP contribution is -2.40. The van der Waals surface area contributed by atoms with Gasteiger partial charge < -0.3 is 19.5 Å². The van der Waals surface area contributed by atoms with Crippen LogP contribution in [-0.4, -0.2) is 69.6 Å². The van der Waals surface area contributed by atoms with Crippen molar-refractivity contribution in [2.75, 3.05) is 45.3 Å². The van der Waals surface area contributed by atoms with Gasteiger partial charge in [-0.05, 0) is 24.3 Å². The van der Waals surface area contributed by atoms with E-state index in [1.54, 1.807) is 12.1 Å². The first kappa shape index (κ1) is 23.6. The maximum Gasteiger partial charge on any atom is 0.357 e. The number of hydrogen-bond donors (Lipinski definition) is 1. The van der Waals surface area contributed by atoms with Crippen LogP contribution in [0.25, 0.3) is 10.9 Å². The summed E-state index contributed by atoms with van der Waals surface area (Å²) >= 11 is 0. The summed E-state index contributed by atoms with van der Waals surface area (Å²) in [5.74, 6) is -1.19. The molecule has 0 radical (unpaired) electrons. The summed E-state index contributed by atoms with van der Waals surface area (Å²) in [6.45, 7) is 0.640. The van der Waals surface area contributed by atoms with Crippen molar-refractivity contribution in [3.8, 4) is 5.75 Å². The van der Waals surface area contributed by atoms with Crippen molar-refractivity contribution in [3.63, 3.8) is 0 Å². The zero-order valence-corrected chi connectivity index (χ0v) is 19.2. The lowest BCUT2D eigenvalue weighted by molar-refractivity contribution is -0.119. The topological polar surface area (TPSA) is 124 Å². The summed E-state index contributed by atoms with van der Waals surface area (Å²) in [7, 11) is -2.36. The van der Waals surface area contributed by atoms with Gasteiger partial charge in [0, 0.05) is 24.5 Å². The first-order valence-corrected chi connectivity index (χ1v) is 11.9. The summed E-state index contributed by atoms with van der Waals surface area (Å²) in [6, 6.07) is 14.7. The monoisotopic (exact) mass is 485 g/mol. The van der Waals surface area contributed by atoms with E-state index >= 15 is 0 Å². The molecule has 10 nitrogen and oxygen atoms in total. The Morgan fingerprint density at radius 1 is 1.09 bits per heavy atom. The number of rotatable bonds is 7. The minimum atomic E-state index is -3.72. The van der Waals surface area contributed by atoms with Crippen LogP contribution in [0.15, 0.2) is 59.5 Å². The number of morpholine rings is 1. The second-order valence-electron chi connectivity index (χ2n) is 7.39. The maximum atomic E-state index is 12.8. The molecule has 34 heavy (non-hydrogen) atoms. The number of ether oxygens (including phenoxy) is 3. The Morgan fingerprint density at radius 2 is 1.85 bits per heavy atom. The van der Waals surface area contributed by atoms with Crippen LogP contribution in [0.4, 0.5) is 5.69 Å². The van der Waals surface area contributed by atoms with E-state index in [9.17, 15) is 18.0 Å². The third kappa shape index (κ3) is 5.16. The molecule has 1 aliphatic heterocycles. The first-order chi connectivity index (χ1) is 16.4. The Balaban J connectivity index is 1.40. The van der Waals surface area contributed by atoms with Gasteiger partial charge >= 0.3 is 5.97 Å². The van der Waals surface area contributed by atoms with Crippen molar-refractivity contribution in [1.29, 1.82) is 0 Å². The van der Waals surface area contributed by atoms with Crippen LogP contribution in [-0.2, 0) is 24.3 Å². The highest BCUT2D eigenvalue weighted by atomic mass is 32.2. The molecule has 3 aromatic rings. The third-order valence-electron chi connectivity index (χ3n) is 5.20. The molecule has 2 heterocycles. The normalized spacial score (nSPS) is 14.5. The molecule has 1 aliphatic rings. The fraction of sp³-hybridized carbons (Fsp3) is 0.261. The number of benzene rings is 2. The number of pyridine rings is 1. The van der Waals surface area contributed by atoms with Gasteiger partial charge in [-0.3, -0.25) is 4.79 Å². The van der Waals surface area contributed by atoms with E-state index in [-0.39, 0.29) is 35.1 Å². The zero-order chi connectivity index (χ0) is 24.1. The van der Waals surface area contributed by atoms with Gasteiger partial charge in [-0.15, -0.1) is 0 Å². The van der Waals surface area contributed by atoms with Crippen LogP contribution < -0.4 is 10.1 Å². The SMILES string of the molecule is COc1cc(S(=O)(=O)N2CCOCC2)ccc1NC(=O)COC(=O)c1ccc2ccccc2n1. The minimum Gasteiger partial charge on any atom is -0.495 e. The van der Waals surface area contributed by atoms with Gasteiger partial charge in [0.1, 0.15) is 11.4 Å². The van der Waals surface area contributed by atoms with Gasteiger partial charge in [0.05, 0.1) is 36.4 Å². The van der Waals surface area contributed by atoms with Crippen molar-refractivity contribution >= 4 is 38.5 Å². The third-order valence-corrected chi connectivity index (χ3v) is 7.09. The van der Waals surface area contributed by atoms with Crippen LogP contribution in [0.5, 0.6) is 5.75 Å². The van der Waals surface area contributed by atoms with Crippen LogP contribution in [0, 0.1) is 0 Å². The van der Waals surface area contributed by atoms with E-state index in [1.807, 2.05) is 18.2 Å². The molecule has 4 rings (SSSR count). The number of nitrogens with zero attached hydrogens (tertiary/aromatic N) is 2.